The Hall–Kier alpha value is -2.76. The van der Waals surface area contributed by atoms with E-state index in [0.29, 0.717) is 30.8 Å². The molecule has 5 nitrogen and oxygen atoms in total. The number of Topliss-reactive ketones (excluding diaryl/α,β-unsaturated/α-hetero) is 1. The molecule has 2 aromatic rings. The quantitative estimate of drug-likeness (QED) is 0.351. The van der Waals surface area contributed by atoms with E-state index < -0.39 is 6.10 Å². The van der Waals surface area contributed by atoms with Crippen LogP contribution in [0.4, 0.5) is 5.69 Å². The number of hydrogen-bond donors (Lipinski definition) is 3. The van der Waals surface area contributed by atoms with Crippen LogP contribution in [0.15, 0.2) is 60.2 Å². The average molecular weight is 380 g/mol. The Kier molecular flexibility index (Phi) is 8.11. The summed E-state index contributed by atoms with van der Waals surface area (Å²) < 4.78 is 0. The number of allylic oxidation sites excluding steroid dienone is 1. The lowest BCUT2D eigenvalue weighted by atomic mass is 10.1. The third kappa shape index (κ3) is 7.10. The predicted molar refractivity (Wildman–Crippen MR) is 112 cm³/mol. The maximum atomic E-state index is 12.4. The smallest absolute Gasteiger partial charge is 0.248 e. The largest absolute Gasteiger partial charge is 0.387 e. The van der Waals surface area contributed by atoms with Crippen molar-refractivity contribution in [2.24, 2.45) is 0 Å². The van der Waals surface area contributed by atoms with Gasteiger partial charge in [-0.25, -0.2) is 0 Å². The van der Waals surface area contributed by atoms with Gasteiger partial charge < -0.3 is 15.7 Å². The van der Waals surface area contributed by atoms with Crippen molar-refractivity contribution in [3.05, 3.63) is 76.9 Å². The Balaban J connectivity index is 1.81. The van der Waals surface area contributed by atoms with Crippen molar-refractivity contribution in [1.29, 1.82) is 0 Å². The number of nitrogens with one attached hydrogen (secondary N) is 2. The van der Waals surface area contributed by atoms with E-state index in [2.05, 4.69) is 10.6 Å². The van der Waals surface area contributed by atoms with Crippen LogP contribution in [0.5, 0.6) is 0 Å². The van der Waals surface area contributed by atoms with Gasteiger partial charge in [-0.3, -0.25) is 9.59 Å². The van der Waals surface area contributed by atoms with Crippen LogP contribution in [0, 0.1) is 6.92 Å². The summed E-state index contributed by atoms with van der Waals surface area (Å²) in [5.41, 5.74) is 4.05. The second-order valence-electron chi connectivity index (χ2n) is 7.10. The molecule has 0 saturated heterocycles. The molecule has 0 bridgehead atoms. The summed E-state index contributed by atoms with van der Waals surface area (Å²) in [5, 5.41) is 16.1. The molecule has 2 aromatic carbocycles. The molecule has 1 atom stereocenters. The number of aryl methyl sites for hydroxylation is 1. The highest BCUT2D eigenvalue weighted by Gasteiger charge is 2.09. The van der Waals surface area contributed by atoms with Crippen LogP contribution < -0.4 is 10.6 Å². The fraction of sp³-hybridized carbons (Fsp3) is 0.304. The van der Waals surface area contributed by atoms with Crippen molar-refractivity contribution in [2.75, 3.05) is 18.4 Å². The maximum Gasteiger partial charge on any atom is 0.248 e. The van der Waals surface area contributed by atoms with Crippen LogP contribution in [0.25, 0.3) is 0 Å². The second-order valence-corrected chi connectivity index (χ2v) is 7.10. The molecule has 0 aromatic heterocycles. The number of anilines is 1. The Bertz CT molecular complexity index is 837. The Morgan fingerprint density at radius 3 is 2.50 bits per heavy atom. The van der Waals surface area contributed by atoms with Crippen LogP contribution >= 0.6 is 0 Å². The van der Waals surface area contributed by atoms with Crippen molar-refractivity contribution in [3.8, 4) is 0 Å². The van der Waals surface area contributed by atoms with Gasteiger partial charge in [0.05, 0.1) is 6.10 Å². The summed E-state index contributed by atoms with van der Waals surface area (Å²) in [4.78, 5) is 24.2. The predicted octanol–water partition coefficient (Wildman–Crippen LogP) is 3.80. The number of rotatable bonds is 9. The molecule has 5 heteroatoms. The van der Waals surface area contributed by atoms with Crippen LogP contribution in [0.1, 0.15) is 47.9 Å². The monoisotopic (exact) mass is 380 g/mol. The number of aliphatic hydroxyl groups is 1. The molecule has 0 aliphatic rings. The first-order valence-electron chi connectivity index (χ1n) is 9.39. The molecule has 148 valence electrons. The number of amides is 1. The van der Waals surface area contributed by atoms with Gasteiger partial charge in [-0.1, -0.05) is 47.5 Å². The zero-order valence-corrected chi connectivity index (χ0v) is 16.7. The highest BCUT2D eigenvalue weighted by Crippen LogP contribution is 2.14. The van der Waals surface area contributed by atoms with E-state index in [-0.39, 0.29) is 11.7 Å². The molecule has 0 aliphatic carbocycles. The molecule has 0 saturated carbocycles. The lowest BCUT2D eigenvalue weighted by Gasteiger charge is -2.12. The molecule has 3 N–H and O–H groups in total. The van der Waals surface area contributed by atoms with E-state index in [9.17, 15) is 14.7 Å². The van der Waals surface area contributed by atoms with Crippen LogP contribution in [0.3, 0.4) is 0 Å². The number of carbonyl (C=O) groups is 2. The molecular weight excluding hydrogens is 352 g/mol. The molecule has 2 rings (SSSR count). The van der Waals surface area contributed by atoms with Gasteiger partial charge in [0, 0.05) is 36.8 Å². The number of carbonyl (C=O) groups excluding carboxylic acids is 2. The number of aliphatic hydroxyl groups excluding tert-OH is 1. The summed E-state index contributed by atoms with van der Waals surface area (Å²) in [6.45, 7) is 6.55. The third-order valence-electron chi connectivity index (χ3n) is 4.20. The topological polar surface area (TPSA) is 78.4 Å². The fourth-order valence-electron chi connectivity index (χ4n) is 2.70. The minimum absolute atomic E-state index is 0.0179. The maximum absolute atomic E-state index is 12.4. The van der Waals surface area contributed by atoms with Gasteiger partial charge in [0.25, 0.3) is 0 Å². The Morgan fingerprint density at radius 2 is 1.82 bits per heavy atom. The molecular formula is C23H28N2O3. The van der Waals surface area contributed by atoms with Crippen molar-refractivity contribution in [1.82, 2.24) is 5.32 Å². The zero-order valence-electron chi connectivity index (χ0n) is 16.7. The van der Waals surface area contributed by atoms with Gasteiger partial charge in [-0.2, -0.15) is 0 Å². The van der Waals surface area contributed by atoms with E-state index in [1.165, 1.54) is 6.08 Å². The van der Waals surface area contributed by atoms with E-state index >= 15 is 0 Å². The molecule has 0 fully saturated rings. The SMILES string of the molecule is CC(C)=CC(=O)Nc1cccc(C(=O)CCNCC(O)c2ccc(C)cc2)c1. The Labute approximate surface area is 166 Å². The van der Waals surface area contributed by atoms with Crippen molar-refractivity contribution >= 4 is 17.4 Å². The van der Waals surface area contributed by atoms with Crippen molar-refractivity contribution < 1.29 is 14.7 Å². The van der Waals surface area contributed by atoms with Crippen LogP contribution in [-0.2, 0) is 4.79 Å². The summed E-state index contributed by atoms with van der Waals surface area (Å²) in [6.07, 6.45) is 1.22. The van der Waals surface area contributed by atoms with Crippen LogP contribution in [0.2, 0.25) is 0 Å². The zero-order chi connectivity index (χ0) is 20.5. The van der Waals surface area contributed by atoms with Gasteiger partial charge in [0.1, 0.15) is 0 Å². The first-order chi connectivity index (χ1) is 13.3. The molecule has 28 heavy (non-hydrogen) atoms. The molecule has 0 aliphatic heterocycles. The first-order valence-corrected chi connectivity index (χ1v) is 9.39. The van der Waals surface area contributed by atoms with E-state index in [1.54, 1.807) is 24.3 Å². The summed E-state index contributed by atoms with van der Waals surface area (Å²) in [5.74, 6) is -0.230. The standard InChI is InChI=1S/C23H28N2O3/c1-16(2)13-23(28)25-20-6-4-5-19(14-20)21(26)11-12-24-15-22(27)18-9-7-17(3)8-10-18/h4-10,13-14,22,24,27H,11-12,15H2,1-3H3,(H,25,28). The summed E-state index contributed by atoms with van der Waals surface area (Å²) in [7, 11) is 0. The lowest BCUT2D eigenvalue weighted by Crippen LogP contribution is -2.24. The number of benzene rings is 2. The average Bonchev–Trinajstić information content (AvgIpc) is 2.65. The number of ketones is 1. The minimum atomic E-state index is -0.607. The Morgan fingerprint density at radius 1 is 1.11 bits per heavy atom. The molecule has 0 spiro atoms. The first kappa shape index (κ1) is 21.5. The molecule has 0 heterocycles. The van der Waals surface area contributed by atoms with Crippen LogP contribution in [-0.4, -0.2) is 29.9 Å². The highest BCUT2D eigenvalue weighted by molar-refractivity contribution is 6.01. The molecule has 1 amide bonds. The molecule has 1 unspecified atom stereocenters. The normalized spacial score (nSPS) is 11.6. The lowest BCUT2D eigenvalue weighted by molar-refractivity contribution is -0.111. The number of hydrogen-bond acceptors (Lipinski definition) is 4. The van der Waals surface area contributed by atoms with Gasteiger partial charge in [-0.05, 0) is 38.5 Å². The van der Waals surface area contributed by atoms with E-state index in [4.69, 9.17) is 0 Å². The van der Waals surface area contributed by atoms with Gasteiger partial charge in [0.15, 0.2) is 5.78 Å². The van der Waals surface area contributed by atoms with E-state index in [1.807, 2.05) is 45.0 Å². The van der Waals surface area contributed by atoms with E-state index in [0.717, 1.165) is 16.7 Å². The third-order valence-corrected chi connectivity index (χ3v) is 4.20. The minimum Gasteiger partial charge on any atom is -0.387 e. The van der Waals surface area contributed by atoms with Crippen molar-refractivity contribution in [2.45, 2.75) is 33.3 Å². The van der Waals surface area contributed by atoms with Crippen molar-refractivity contribution in [3.63, 3.8) is 0 Å². The molecule has 0 radical (unpaired) electrons. The summed E-state index contributed by atoms with van der Waals surface area (Å²) in [6, 6.07) is 14.7. The van der Waals surface area contributed by atoms with Gasteiger partial charge in [0.2, 0.25) is 5.91 Å². The van der Waals surface area contributed by atoms with Gasteiger partial charge in [-0.15, -0.1) is 0 Å². The highest BCUT2D eigenvalue weighted by atomic mass is 16.3. The van der Waals surface area contributed by atoms with Gasteiger partial charge >= 0.3 is 0 Å². The second kappa shape index (κ2) is 10.5. The fourth-order valence-corrected chi connectivity index (χ4v) is 2.70. The summed E-state index contributed by atoms with van der Waals surface area (Å²) >= 11 is 0.